The van der Waals surface area contributed by atoms with Gasteiger partial charge in [0.25, 0.3) is 5.56 Å². The Hall–Kier alpha value is -1.89. The van der Waals surface area contributed by atoms with Crippen LogP contribution in [-0.2, 0) is 6.54 Å². The van der Waals surface area contributed by atoms with Gasteiger partial charge < -0.3 is 5.11 Å². The third-order valence-electron chi connectivity index (χ3n) is 2.35. The van der Waals surface area contributed by atoms with Crippen LogP contribution >= 0.6 is 15.9 Å². The molecule has 0 aliphatic heterocycles. The Kier molecular flexibility index (Phi) is 3.33. The number of nitrogens with one attached hydrogen (secondary N) is 1. The van der Waals surface area contributed by atoms with Gasteiger partial charge >= 0.3 is 5.69 Å². The van der Waals surface area contributed by atoms with E-state index in [1.165, 1.54) is 0 Å². The molecule has 94 valence electrons. The average Bonchev–Trinajstić information content (AvgIpc) is 2.32. The molecule has 0 amide bonds. The lowest BCUT2D eigenvalue weighted by molar-refractivity contribution is 0.367. The maximum atomic E-state index is 13.2. The molecule has 0 bridgehead atoms. The Morgan fingerprint density at radius 1 is 1.39 bits per heavy atom. The summed E-state index contributed by atoms with van der Waals surface area (Å²) in [5.74, 6) is -2.34. The number of aromatic nitrogens is 2. The summed E-state index contributed by atoms with van der Waals surface area (Å²) in [7, 11) is 0. The third kappa shape index (κ3) is 2.35. The van der Waals surface area contributed by atoms with Crippen molar-refractivity contribution in [2.75, 3.05) is 0 Å². The summed E-state index contributed by atoms with van der Waals surface area (Å²) in [5.41, 5.74) is -1.42. The Morgan fingerprint density at radius 2 is 2.11 bits per heavy atom. The van der Waals surface area contributed by atoms with Crippen LogP contribution in [-0.4, -0.2) is 14.7 Å². The SMILES string of the molecule is O=c1[nH]c(=O)n(Cc2cccc(Br)c2)c(O)c1F. The molecule has 0 atom stereocenters. The van der Waals surface area contributed by atoms with Gasteiger partial charge in [0.05, 0.1) is 6.54 Å². The molecule has 0 spiro atoms. The molecule has 7 heteroatoms. The van der Waals surface area contributed by atoms with E-state index in [1.807, 2.05) is 0 Å². The van der Waals surface area contributed by atoms with Crippen molar-refractivity contribution in [3.05, 3.63) is 61.0 Å². The first-order valence-electron chi connectivity index (χ1n) is 4.95. The van der Waals surface area contributed by atoms with Crippen LogP contribution in [0.4, 0.5) is 4.39 Å². The summed E-state index contributed by atoms with van der Waals surface area (Å²) >= 11 is 3.26. The van der Waals surface area contributed by atoms with E-state index in [4.69, 9.17) is 0 Å². The highest BCUT2D eigenvalue weighted by molar-refractivity contribution is 9.10. The molecule has 2 N–H and O–H groups in total. The first-order valence-corrected chi connectivity index (χ1v) is 5.74. The molecular weight excluding hydrogens is 307 g/mol. The molecule has 2 aromatic rings. The number of aromatic amines is 1. The highest BCUT2D eigenvalue weighted by atomic mass is 79.9. The average molecular weight is 315 g/mol. The topological polar surface area (TPSA) is 75.1 Å². The summed E-state index contributed by atoms with van der Waals surface area (Å²) in [5, 5.41) is 9.45. The van der Waals surface area contributed by atoms with Gasteiger partial charge in [-0.05, 0) is 17.7 Å². The molecule has 2 rings (SSSR count). The quantitative estimate of drug-likeness (QED) is 0.874. The predicted octanol–water partition coefficient (Wildman–Crippen LogP) is 1.19. The molecule has 1 heterocycles. The van der Waals surface area contributed by atoms with Crippen molar-refractivity contribution in [3.8, 4) is 5.88 Å². The number of rotatable bonds is 2. The number of aromatic hydroxyl groups is 1. The van der Waals surface area contributed by atoms with Crippen molar-refractivity contribution in [3.63, 3.8) is 0 Å². The van der Waals surface area contributed by atoms with E-state index in [-0.39, 0.29) is 6.54 Å². The Morgan fingerprint density at radius 3 is 2.78 bits per heavy atom. The lowest BCUT2D eigenvalue weighted by Gasteiger charge is -2.08. The summed E-state index contributed by atoms with van der Waals surface area (Å²) in [6.07, 6.45) is 0. The van der Waals surface area contributed by atoms with Crippen LogP contribution < -0.4 is 11.2 Å². The molecule has 0 saturated carbocycles. The molecule has 1 aromatic heterocycles. The minimum absolute atomic E-state index is 0.0438. The Labute approximate surface area is 109 Å². The van der Waals surface area contributed by atoms with E-state index in [0.29, 0.717) is 5.56 Å². The molecule has 5 nitrogen and oxygen atoms in total. The van der Waals surface area contributed by atoms with E-state index in [2.05, 4.69) is 15.9 Å². The molecular formula is C11H8BrFN2O3. The van der Waals surface area contributed by atoms with Crippen LogP contribution in [0.5, 0.6) is 5.88 Å². The van der Waals surface area contributed by atoms with Crippen molar-refractivity contribution in [1.29, 1.82) is 0 Å². The molecule has 0 aliphatic rings. The molecule has 0 aliphatic carbocycles. The Bertz CT molecular complexity index is 708. The second-order valence-corrected chi connectivity index (χ2v) is 4.53. The fourth-order valence-electron chi connectivity index (χ4n) is 1.50. The number of H-pyrrole nitrogens is 1. The standard InChI is InChI=1S/C11H8BrFN2O3/c12-7-3-1-2-6(4-7)5-15-10(17)8(13)9(16)14-11(15)18/h1-4,17H,5H2,(H,14,16,18). The van der Waals surface area contributed by atoms with Crippen LogP contribution in [0.2, 0.25) is 0 Å². The lowest BCUT2D eigenvalue weighted by atomic mass is 10.2. The van der Waals surface area contributed by atoms with E-state index in [9.17, 15) is 19.1 Å². The summed E-state index contributed by atoms with van der Waals surface area (Å²) in [6.45, 7) is -0.0438. The second kappa shape index (κ2) is 4.77. The van der Waals surface area contributed by atoms with Gasteiger partial charge in [0, 0.05) is 4.47 Å². The van der Waals surface area contributed by atoms with Crippen molar-refractivity contribution < 1.29 is 9.50 Å². The van der Waals surface area contributed by atoms with E-state index >= 15 is 0 Å². The molecule has 0 radical (unpaired) electrons. The number of hydrogen-bond donors (Lipinski definition) is 2. The first-order chi connectivity index (χ1) is 8.49. The van der Waals surface area contributed by atoms with Gasteiger partial charge in [0.15, 0.2) is 0 Å². The summed E-state index contributed by atoms with van der Waals surface area (Å²) < 4.78 is 14.7. The van der Waals surface area contributed by atoms with Crippen LogP contribution in [0, 0.1) is 5.82 Å². The van der Waals surface area contributed by atoms with Crippen LogP contribution in [0.15, 0.2) is 38.3 Å². The maximum Gasteiger partial charge on any atom is 0.331 e. The molecule has 0 fully saturated rings. The fraction of sp³-hybridized carbons (Fsp3) is 0.0909. The van der Waals surface area contributed by atoms with Crippen molar-refractivity contribution in [2.24, 2.45) is 0 Å². The summed E-state index contributed by atoms with van der Waals surface area (Å²) in [4.78, 5) is 24.2. The zero-order valence-corrected chi connectivity index (χ0v) is 10.6. The number of halogens is 2. The second-order valence-electron chi connectivity index (χ2n) is 3.61. The normalized spacial score (nSPS) is 10.6. The van der Waals surface area contributed by atoms with Crippen LogP contribution in [0.3, 0.4) is 0 Å². The highest BCUT2D eigenvalue weighted by Gasteiger charge is 2.13. The fourth-order valence-corrected chi connectivity index (χ4v) is 1.95. The van der Waals surface area contributed by atoms with Crippen molar-refractivity contribution >= 4 is 15.9 Å². The highest BCUT2D eigenvalue weighted by Crippen LogP contribution is 2.14. The maximum absolute atomic E-state index is 13.2. The van der Waals surface area contributed by atoms with Gasteiger partial charge in [-0.25, -0.2) is 4.79 Å². The van der Waals surface area contributed by atoms with E-state index < -0.39 is 22.9 Å². The zero-order valence-electron chi connectivity index (χ0n) is 8.98. The van der Waals surface area contributed by atoms with E-state index in [1.54, 1.807) is 29.2 Å². The molecule has 0 unspecified atom stereocenters. The number of benzene rings is 1. The number of hydrogen-bond acceptors (Lipinski definition) is 3. The number of nitrogens with zero attached hydrogens (tertiary/aromatic N) is 1. The smallest absolute Gasteiger partial charge is 0.331 e. The van der Waals surface area contributed by atoms with Gasteiger partial charge in [-0.2, -0.15) is 4.39 Å². The van der Waals surface area contributed by atoms with Crippen molar-refractivity contribution in [1.82, 2.24) is 9.55 Å². The van der Waals surface area contributed by atoms with E-state index in [0.717, 1.165) is 9.04 Å². The Balaban J connectivity index is 2.50. The lowest BCUT2D eigenvalue weighted by Crippen LogP contribution is -2.32. The minimum atomic E-state index is -1.37. The van der Waals surface area contributed by atoms with Gasteiger partial charge in [0.2, 0.25) is 11.7 Å². The predicted molar refractivity (Wildman–Crippen MR) is 66.2 cm³/mol. The van der Waals surface area contributed by atoms with Crippen LogP contribution in [0.1, 0.15) is 5.56 Å². The minimum Gasteiger partial charge on any atom is -0.492 e. The van der Waals surface area contributed by atoms with Gasteiger partial charge in [-0.15, -0.1) is 0 Å². The molecule has 1 aromatic carbocycles. The van der Waals surface area contributed by atoms with Crippen molar-refractivity contribution in [2.45, 2.75) is 6.54 Å². The zero-order chi connectivity index (χ0) is 13.3. The first kappa shape index (κ1) is 12.6. The summed E-state index contributed by atoms with van der Waals surface area (Å²) in [6, 6.07) is 6.96. The van der Waals surface area contributed by atoms with Gasteiger partial charge in [0.1, 0.15) is 0 Å². The molecule has 0 saturated heterocycles. The largest absolute Gasteiger partial charge is 0.492 e. The van der Waals surface area contributed by atoms with Gasteiger partial charge in [-0.3, -0.25) is 14.3 Å². The monoisotopic (exact) mass is 314 g/mol. The molecule has 18 heavy (non-hydrogen) atoms. The third-order valence-corrected chi connectivity index (χ3v) is 2.84. The van der Waals surface area contributed by atoms with Crippen LogP contribution in [0.25, 0.3) is 0 Å². The van der Waals surface area contributed by atoms with Gasteiger partial charge in [-0.1, -0.05) is 28.1 Å².